The molecule has 2 rings (SSSR count). The van der Waals surface area contributed by atoms with Crippen molar-refractivity contribution in [1.82, 2.24) is 0 Å². The Morgan fingerprint density at radius 2 is 2.36 bits per heavy atom. The van der Waals surface area contributed by atoms with E-state index in [0.717, 1.165) is 0 Å². The fourth-order valence-corrected chi connectivity index (χ4v) is 1.87. The van der Waals surface area contributed by atoms with Gasteiger partial charge >= 0.3 is 0 Å². The molecule has 2 aromatic rings. The highest BCUT2D eigenvalue weighted by Crippen LogP contribution is 2.23. The van der Waals surface area contributed by atoms with Gasteiger partial charge in [-0.15, -0.1) is 11.3 Å². The summed E-state index contributed by atoms with van der Waals surface area (Å²) in [7, 11) is 0. The number of benzene rings is 1. The molecule has 0 nitrogen and oxygen atoms in total. The summed E-state index contributed by atoms with van der Waals surface area (Å²) in [4.78, 5) is 0. The molecule has 0 N–H and O–H groups in total. The Balaban J connectivity index is 2.88. The lowest BCUT2D eigenvalue weighted by molar-refractivity contribution is 1.79. The number of hydrogen-bond acceptors (Lipinski definition) is 1. The predicted molar refractivity (Wildman–Crippen MR) is 50.8 cm³/mol. The van der Waals surface area contributed by atoms with Gasteiger partial charge in [0.15, 0.2) is 0 Å². The molecule has 0 saturated carbocycles. The van der Waals surface area contributed by atoms with E-state index in [9.17, 15) is 0 Å². The fourth-order valence-electron chi connectivity index (χ4n) is 1.13. The summed E-state index contributed by atoms with van der Waals surface area (Å²) < 4.78 is 1.28. The first-order chi connectivity index (χ1) is 5.42. The zero-order valence-corrected chi connectivity index (χ0v) is 6.82. The van der Waals surface area contributed by atoms with Crippen LogP contribution in [0.4, 0.5) is 0 Å². The topological polar surface area (TPSA) is 0 Å². The van der Waals surface area contributed by atoms with E-state index >= 15 is 0 Å². The van der Waals surface area contributed by atoms with E-state index in [1.807, 2.05) is 18.2 Å². The third-order valence-corrected chi connectivity index (χ3v) is 2.50. The largest absolute Gasteiger partial charge is 0.134 e. The second-order valence-corrected chi connectivity index (χ2v) is 3.21. The molecule has 1 heteroatoms. The van der Waals surface area contributed by atoms with E-state index in [-0.39, 0.29) is 0 Å². The van der Waals surface area contributed by atoms with Crippen molar-refractivity contribution in [3.63, 3.8) is 0 Å². The quantitative estimate of drug-likeness (QED) is 0.598. The predicted octanol–water partition coefficient (Wildman–Crippen LogP) is 3.34. The molecule has 0 aliphatic rings. The van der Waals surface area contributed by atoms with Crippen LogP contribution >= 0.6 is 11.3 Å². The average Bonchev–Trinajstić information content (AvgIpc) is 2.50. The third kappa shape index (κ3) is 0.976. The van der Waals surface area contributed by atoms with Crippen LogP contribution in [0.2, 0.25) is 0 Å². The molecule has 0 atom stereocenters. The van der Waals surface area contributed by atoms with Crippen molar-refractivity contribution in [1.29, 1.82) is 0 Å². The monoisotopic (exact) mass is 159 g/mol. The van der Waals surface area contributed by atoms with Crippen LogP contribution in [0, 0.1) is 5.38 Å². The van der Waals surface area contributed by atoms with Gasteiger partial charge in [-0.3, -0.25) is 0 Å². The summed E-state index contributed by atoms with van der Waals surface area (Å²) in [5.41, 5.74) is 1.19. The molecule has 1 aromatic heterocycles. The number of thiophene rings is 1. The molecular formula is C10H7S. The van der Waals surface area contributed by atoms with Crippen molar-refractivity contribution in [3.05, 3.63) is 41.8 Å². The Morgan fingerprint density at radius 3 is 3.18 bits per heavy atom. The standard InChI is InChI=1S/C10H7S/c1-2-8-4-3-5-10-9(8)6-7-11-10/h2-6H,1H2. The average molecular weight is 159 g/mol. The van der Waals surface area contributed by atoms with Gasteiger partial charge in [0, 0.05) is 15.5 Å². The van der Waals surface area contributed by atoms with Gasteiger partial charge in [0.2, 0.25) is 0 Å². The molecule has 0 aliphatic heterocycles. The molecule has 0 fully saturated rings. The van der Waals surface area contributed by atoms with Crippen LogP contribution in [0.15, 0.2) is 30.8 Å². The van der Waals surface area contributed by atoms with Crippen LogP contribution < -0.4 is 0 Å². The minimum Gasteiger partial charge on any atom is -0.134 e. The molecular weight excluding hydrogens is 152 g/mol. The van der Waals surface area contributed by atoms with Gasteiger partial charge in [-0.05, 0) is 17.7 Å². The molecule has 1 radical (unpaired) electrons. The maximum atomic E-state index is 3.75. The van der Waals surface area contributed by atoms with E-state index in [1.165, 1.54) is 15.6 Å². The van der Waals surface area contributed by atoms with Crippen molar-refractivity contribution in [2.75, 3.05) is 0 Å². The van der Waals surface area contributed by atoms with Gasteiger partial charge in [0.1, 0.15) is 0 Å². The first-order valence-corrected chi connectivity index (χ1v) is 4.24. The summed E-state index contributed by atoms with van der Waals surface area (Å²) in [5, 5.41) is 4.36. The first-order valence-electron chi connectivity index (χ1n) is 3.43. The Kier molecular flexibility index (Phi) is 1.51. The maximum absolute atomic E-state index is 3.75. The molecule has 0 spiro atoms. The van der Waals surface area contributed by atoms with Crippen LogP contribution in [0.25, 0.3) is 16.2 Å². The second kappa shape index (κ2) is 2.51. The zero-order valence-electron chi connectivity index (χ0n) is 6.00. The van der Waals surface area contributed by atoms with Crippen molar-refractivity contribution in [2.24, 2.45) is 0 Å². The summed E-state index contributed by atoms with van der Waals surface area (Å²) in [5.74, 6) is 0. The van der Waals surface area contributed by atoms with Gasteiger partial charge in [-0.25, -0.2) is 0 Å². The Morgan fingerprint density at radius 1 is 1.45 bits per heavy atom. The van der Waals surface area contributed by atoms with Crippen LogP contribution in [-0.2, 0) is 0 Å². The Hall–Kier alpha value is -1.08. The Labute approximate surface area is 69.8 Å². The van der Waals surface area contributed by atoms with E-state index in [1.54, 1.807) is 11.3 Å². The lowest BCUT2D eigenvalue weighted by Crippen LogP contribution is -1.69. The van der Waals surface area contributed by atoms with Crippen molar-refractivity contribution in [3.8, 4) is 0 Å². The molecule has 1 aromatic carbocycles. The minimum atomic E-state index is 1.19. The van der Waals surface area contributed by atoms with Crippen molar-refractivity contribution >= 4 is 27.5 Å². The fraction of sp³-hybridized carbons (Fsp3) is 0. The molecule has 0 saturated heterocycles. The summed E-state index contributed by atoms with van der Waals surface area (Å²) in [6.07, 6.45) is 1.88. The van der Waals surface area contributed by atoms with Gasteiger partial charge in [0.25, 0.3) is 0 Å². The van der Waals surface area contributed by atoms with Gasteiger partial charge in [-0.1, -0.05) is 24.8 Å². The van der Waals surface area contributed by atoms with Gasteiger partial charge < -0.3 is 0 Å². The number of fused-ring (bicyclic) bond motifs is 1. The van der Waals surface area contributed by atoms with E-state index < -0.39 is 0 Å². The SMILES string of the molecule is C=Cc1cccc2s[c]cc12. The van der Waals surface area contributed by atoms with Crippen LogP contribution in [0.1, 0.15) is 5.56 Å². The zero-order chi connectivity index (χ0) is 7.68. The lowest BCUT2D eigenvalue weighted by atomic mass is 10.1. The Bertz CT molecular complexity index is 384. The van der Waals surface area contributed by atoms with Gasteiger partial charge in [0.05, 0.1) is 0 Å². The molecule has 1 heterocycles. The smallest absolute Gasteiger partial charge is 0.0455 e. The summed E-state index contributed by atoms with van der Waals surface area (Å²) in [6, 6.07) is 8.22. The molecule has 0 amide bonds. The van der Waals surface area contributed by atoms with Crippen molar-refractivity contribution in [2.45, 2.75) is 0 Å². The third-order valence-electron chi connectivity index (χ3n) is 1.69. The highest BCUT2D eigenvalue weighted by molar-refractivity contribution is 7.16. The lowest BCUT2D eigenvalue weighted by Gasteiger charge is -1.93. The highest BCUT2D eigenvalue weighted by atomic mass is 32.1. The number of rotatable bonds is 1. The van der Waals surface area contributed by atoms with Crippen molar-refractivity contribution < 1.29 is 0 Å². The van der Waals surface area contributed by atoms with E-state index in [0.29, 0.717) is 0 Å². The first kappa shape index (κ1) is 6.62. The van der Waals surface area contributed by atoms with Gasteiger partial charge in [-0.2, -0.15) is 0 Å². The molecule has 11 heavy (non-hydrogen) atoms. The normalized spacial score (nSPS) is 10.2. The van der Waals surface area contributed by atoms with Crippen LogP contribution in [0.5, 0.6) is 0 Å². The number of hydrogen-bond donors (Lipinski definition) is 0. The second-order valence-electron chi connectivity index (χ2n) is 2.33. The molecule has 0 aliphatic carbocycles. The summed E-state index contributed by atoms with van der Waals surface area (Å²) in [6.45, 7) is 3.75. The maximum Gasteiger partial charge on any atom is 0.0455 e. The molecule has 53 valence electrons. The molecule has 0 bridgehead atoms. The highest BCUT2D eigenvalue weighted by Gasteiger charge is 1.96. The summed E-state index contributed by atoms with van der Waals surface area (Å²) >= 11 is 1.64. The van der Waals surface area contributed by atoms with Crippen LogP contribution in [-0.4, -0.2) is 0 Å². The van der Waals surface area contributed by atoms with E-state index in [2.05, 4.69) is 24.1 Å². The van der Waals surface area contributed by atoms with Crippen LogP contribution in [0.3, 0.4) is 0 Å². The van der Waals surface area contributed by atoms with E-state index in [4.69, 9.17) is 0 Å². The minimum absolute atomic E-state index is 1.19. The molecule has 0 unspecified atom stereocenters.